The standard InChI is InChI=1S/C15H17NO2/c17-15(18-10-11-4-2-1-3-5-11)16-14-9-12-6-7-13(14)8-12/h1-7,12-14H,8-10H2,(H,16,17)/t12?,13?,14-/m1/s1. The number of allylic oxidation sites excluding steroid dienone is 1. The lowest BCUT2D eigenvalue weighted by molar-refractivity contribution is 0.134. The van der Waals surface area contributed by atoms with Crippen molar-refractivity contribution < 1.29 is 9.53 Å². The molecule has 2 unspecified atom stereocenters. The molecule has 1 amide bonds. The Kier molecular flexibility index (Phi) is 3.05. The highest BCUT2D eigenvalue weighted by Crippen LogP contribution is 2.38. The van der Waals surface area contributed by atoms with Crippen LogP contribution in [0.1, 0.15) is 18.4 Å². The van der Waals surface area contributed by atoms with Gasteiger partial charge in [0.2, 0.25) is 0 Å². The SMILES string of the molecule is O=C(N[C@@H]1CC2C=CC1C2)OCc1ccccc1. The van der Waals surface area contributed by atoms with E-state index in [-0.39, 0.29) is 12.1 Å². The van der Waals surface area contributed by atoms with Gasteiger partial charge in [-0.25, -0.2) is 4.79 Å². The molecule has 2 aliphatic rings. The molecule has 1 N–H and O–H groups in total. The van der Waals surface area contributed by atoms with Crippen molar-refractivity contribution in [3.63, 3.8) is 0 Å². The van der Waals surface area contributed by atoms with E-state index >= 15 is 0 Å². The van der Waals surface area contributed by atoms with Crippen LogP contribution in [0.4, 0.5) is 4.79 Å². The van der Waals surface area contributed by atoms with Crippen molar-refractivity contribution >= 4 is 6.09 Å². The van der Waals surface area contributed by atoms with Crippen molar-refractivity contribution in [1.82, 2.24) is 5.32 Å². The number of hydrogen-bond acceptors (Lipinski definition) is 2. The molecule has 3 nitrogen and oxygen atoms in total. The molecule has 94 valence electrons. The van der Waals surface area contributed by atoms with Gasteiger partial charge in [0, 0.05) is 6.04 Å². The van der Waals surface area contributed by atoms with Crippen LogP contribution >= 0.6 is 0 Å². The highest BCUT2D eigenvalue weighted by Gasteiger charge is 2.36. The highest BCUT2D eigenvalue weighted by atomic mass is 16.5. The van der Waals surface area contributed by atoms with Crippen LogP contribution in [0.3, 0.4) is 0 Å². The van der Waals surface area contributed by atoms with Gasteiger partial charge in [-0.15, -0.1) is 0 Å². The summed E-state index contributed by atoms with van der Waals surface area (Å²) in [6, 6.07) is 10.0. The fourth-order valence-electron chi connectivity index (χ4n) is 2.86. The third-order valence-electron chi connectivity index (χ3n) is 3.79. The Hall–Kier alpha value is -1.77. The summed E-state index contributed by atoms with van der Waals surface area (Å²) in [7, 11) is 0. The van der Waals surface area contributed by atoms with E-state index in [9.17, 15) is 4.79 Å². The maximum absolute atomic E-state index is 11.7. The molecule has 3 rings (SSSR count). The summed E-state index contributed by atoms with van der Waals surface area (Å²) in [4.78, 5) is 11.7. The Morgan fingerprint density at radius 3 is 2.72 bits per heavy atom. The van der Waals surface area contributed by atoms with Crippen molar-refractivity contribution in [3.8, 4) is 0 Å². The van der Waals surface area contributed by atoms with E-state index < -0.39 is 0 Å². The highest BCUT2D eigenvalue weighted by molar-refractivity contribution is 5.67. The average Bonchev–Trinajstić information content (AvgIpc) is 3.00. The molecule has 3 atom stereocenters. The second kappa shape index (κ2) is 4.84. The molecule has 1 aromatic carbocycles. The normalized spacial score (nSPS) is 28.3. The van der Waals surface area contributed by atoms with Gasteiger partial charge >= 0.3 is 6.09 Å². The van der Waals surface area contributed by atoms with Gasteiger partial charge < -0.3 is 10.1 Å². The lowest BCUT2D eigenvalue weighted by Gasteiger charge is -2.19. The molecule has 0 saturated heterocycles. The van der Waals surface area contributed by atoms with Crippen LogP contribution in [0.15, 0.2) is 42.5 Å². The summed E-state index contributed by atoms with van der Waals surface area (Å²) in [5.41, 5.74) is 1.01. The summed E-state index contributed by atoms with van der Waals surface area (Å²) in [5.74, 6) is 1.17. The number of carbonyl (C=O) groups excluding carboxylic acids is 1. The lowest BCUT2D eigenvalue weighted by atomic mass is 10.0. The zero-order valence-electron chi connectivity index (χ0n) is 10.2. The second-order valence-corrected chi connectivity index (χ2v) is 5.09. The van der Waals surface area contributed by atoms with Crippen LogP contribution in [0.25, 0.3) is 0 Å². The molecule has 0 spiro atoms. The average molecular weight is 243 g/mol. The van der Waals surface area contributed by atoms with Gasteiger partial charge in [0.05, 0.1) is 0 Å². The summed E-state index contributed by atoms with van der Waals surface area (Å²) >= 11 is 0. The summed E-state index contributed by atoms with van der Waals surface area (Å²) in [6.07, 6.45) is 6.42. The van der Waals surface area contributed by atoms with E-state index in [2.05, 4.69) is 17.5 Å². The number of alkyl carbamates (subject to hydrolysis) is 1. The smallest absolute Gasteiger partial charge is 0.407 e. The lowest BCUT2D eigenvalue weighted by Crippen LogP contribution is -2.37. The number of amides is 1. The minimum Gasteiger partial charge on any atom is -0.445 e. The minimum absolute atomic E-state index is 0.267. The van der Waals surface area contributed by atoms with Gasteiger partial charge in [0.25, 0.3) is 0 Å². The molecule has 0 heterocycles. The second-order valence-electron chi connectivity index (χ2n) is 5.09. The number of ether oxygens (including phenoxy) is 1. The number of fused-ring (bicyclic) bond motifs is 2. The molecule has 0 radical (unpaired) electrons. The maximum atomic E-state index is 11.7. The largest absolute Gasteiger partial charge is 0.445 e. The third kappa shape index (κ3) is 2.40. The van der Waals surface area contributed by atoms with Crippen LogP contribution in [0.5, 0.6) is 0 Å². The molecule has 0 aliphatic heterocycles. The van der Waals surface area contributed by atoms with E-state index in [1.54, 1.807) is 0 Å². The van der Waals surface area contributed by atoms with Crippen molar-refractivity contribution in [2.45, 2.75) is 25.5 Å². The fourth-order valence-corrected chi connectivity index (χ4v) is 2.86. The van der Waals surface area contributed by atoms with Gasteiger partial charge in [-0.05, 0) is 30.2 Å². The number of rotatable bonds is 3. The van der Waals surface area contributed by atoms with Crippen LogP contribution in [0.2, 0.25) is 0 Å². The van der Waals surface area contributed by atoms with Crippen LogP contribution in [-0.4, -0.2) is 12.1 Å². The molecule has 2 aliphatic carbocycles. The summed E-state index contributed by atoms with van der Waals surface area (Å²) in [5, 5.41) is 2.97. The van der Waals surface area contributed by atoms with Crippen molar-refractivity contribution in [2.75, 3.05) is 0 Å². The molecule has 3 heteroatoms. The third-order valence-corrected chi connectivity index (χ3v) is 3.79. The Morgan fingerprint density at radius 1 is 1.22 bits per heavy atom. The molecule has 1 aromatic rings. The predicted molar refractivity (Wildman–Crippen MR) is 68.9 cm³/mol. The Morgan fingerprint density at radius 2 is 2.06 bits per heavy atom. The summed E-state index contributed by atoms with van der Waals surface area (Å²) < 4.78 is 5.22. The van der Waals surface area contributed by atoms with E-state index in [4.69, 9.17) is 4.74 Å². The molecule has 0 aromatic heterocycles. The minimum atomic E-state index is -0.301. The Balaban J connectivity index is 1.47. The number of benzene rings is 1. The molecule has 1 saturated carbocycles. The topological polar surface area (TPSA) is 38.3 Å². The van der Waals surface area contributed by atoms with Gasteiger partial charge in [0.1, 0.15) is 6.61 Å². The number of nitrogens with one attached hydrogen (secondary N) is 1. The number of hydrogen-bond donors (Lipinski definition) is 1. The van der Waals surface area contributed by atoms with E-state index in [1.807, 2.05) is 30.3 Å². The first-order chi connectivity index (χ1) is 8.81. The van der Waals surface area contributed by atoms with Gasteiger partial charge in [-0.3, -0.25) is 0 Å². The van der Waals surface area contributed by atoms with Crippen molar-refractivity contribution in [1.29, 1.82) is 0 Å². The monoisotopic (exact) mass is 243 g/mol. The van der Waals surface area contributed by atoms with Crippen molar-refractivity contribution in [3.05, 3.63) is 48.0 Å². The molecule has 18 heavy (non-hydrogen) atoms. The number of carbonyl (C=O) groups is 1. The Bertz CT molecular complexity index is 455. The zero-order chi connectivity index (χ0) is 12.4. The molecule has 2 bridgehead atoms. The summed E-state index contributed by atoms with van der Waals surface area (Å²) in [6.45, 7) is 0.337. The van der Waals surface area contributed by atoms with Gasteiger partial charge in [-0.2, -0.15) is 0 Å². The van der Waals surface area contributed by atoms with Crippen molar-refractivity contribution in [2.24, 2.45) is 11.8 Å². The maximum Gasteiger partial charge on any atom is 0.407 e. The molecule has 1 fully saturated rings. The fraction of sp³-hybridized carbons (Fsp3) is 0.400. The zero-order valence-corrected chi connectivity index (χ0v) is 10.2. The first kappa shape index (κ1) is 11.3. The van der Waals surface area contributed by atoms with Gasteiger partial charge in [0.15, 0.2) is 0 Å². The Labute approximate surface area is 107 Å². The first-order valence-electron chi connectivity index (χ1n) is 6.47. The quantitative estimate of drug-likeness (QED) is 0.829. The van der Waals surface area contributed by atoms with Crippen LogP contribution < -0.4 is 5.32 Å². The van der Waals surface area contributed by atoms with E-state index in [0.29, 0.717) is 18.4 Å². The van der Waals surface area contributed by atoms with E-state index in [1.165, 1.54) is 6.42 Å². The predicted octanol–water partition coefficient (Wildman–Crippen LogP) is 2.88. The van der Waals surface area contributed by atoms with Crippen LogP contribution in [0, 0.1) is 11.8 Å². The van der Waals surface area contributed by atoms with Crippen LogP contribution in [-0.2, 0) is 11.3 Å². The molecular weight excluding hydrogens is 226 g/mol. The molecular formula is C15H17NO2. The first-order valence-corrected chi connectivity index (χ1v) is 6.47. The van der Waals surface area contributed by atoms with E-state index in [0.717, 1.165) is 12.0 Å². The van der Waals surface area contributed by atoms with Gasteiger partial charge in [-0.1, -0.05) is 42.5 Å².